The molecule has 0 radical (unpaired) electrons. The number of benzene rings is 1. The molecular formula is C14H19N3O. The Labute approximate surface area is 107 Å². The molecule has 1 aliphatic rings. The van der Waals surface area contributed by atoms with Crippen LogP contribution in [-0.4, -0.2) is 23.0 Å². The van der Waals surface area contributed by atoms with Gasteiger partial charge in [-0.1, -0.05) is 13.8 Å². The Hall–Kier alpha value is -1.55. The maximum Gasteiger partial charge on any atom is 0.209 e. The highest BCUT2D eigenvalue weighted by Crippen LogP contribution is 2.30. The summed E-state index contributed by atoms with van der Waals surface area (Å²) < 4.78 is 5.75. The van der Waals surface area contributed by atoms with Gasteiger partial charge in [-0.3, -0.25) is 4.90 Å². The molecule has 1 aromatic carbocycles. The van der Waals surface area contributed by atoms with Crippen LogP contribution in [0.25, 0.3) is 11.1 Å². The molecule has 1 saturated heterocycles. The normalized spacial score (nSPS) is 19.7. The summed E-state index contributed by atoms with van der Waals surface area (Å²) in [5.41, 5.74) is 8.53. The molecule has 2 aromatic rings. The van der Waals surface area contributed by atoms with Crippen molar-refractivity contribution >= 4 is 16.8 Å². The van der Waals surface area contributed by atoms with Gasteiger partial charge in [0, 0.05) is 18.3 Å². The number of aromatic nitrogens is 1. The average Bonchev–Trinajstić information content (AvgIpc) is 2.81. The fourth-order valence-corrected chi connectivity index (χ4v) is 2.61. The zero-order chi connectivity index (χ0) is 12.8. The van der Waals surface area contributed by atoms with Gasteiger partial charge in [0.15, 0.2) is 5.58 Å². The molecule has 1 aliphatic heterocycles. The molecule has 0 aliphatic carbocycles. The van der Waals surface area contributed by atoms with Crippen molar-refractivity contribution in [2.75, 3.05) is 18.8 Å². The smallest absolute Gasteiger partial charge is 0.209 e. The Morgan fingerprint density at radius 2 is 2.28 bits per heavy atom. The number of nitrogens with zero attached hydrogens (tertiary/aromatic N) is 2. The lowest BCUT2D eigenvalue weighted by molar-refractivity contribution is 0.261. The van der Waals surface area contributed by atoms with Crippen LogP contribution in [0.5, 0.6) is 0 Å². The van der Waals surface area contributed by atoms with Gasteiger partial charge in [-0.2, -0.15) is 0 Å². The van der Waals surface area contributed by atoms with Crippen molar-refractivity contribution in [1.29, 1.82) is 0 Å². The zero-order valence-corrected chi connectivity index (χ0v) is 10.9. The number of fused-ring (bicyclic) bond motifs is 1. The van der Waals surface area contributed by atoms with Crippen molar-refractivity contribution in [3.05, 3.63) is 24.1 Å². The first-order valence-corrected chi connectivity index (χ1v) is 6.39. The van der Waals surface area contributed by atoms with Crippen LogP contribution in [0.4, 0.5) is 5.69 Å². The summed E-state index contributed by atoms with van der Waals surface area (Å²) in [5.74, 6) is 0.785. The Morgan fingerprint density at radius 1 is 1.44 bits per heavy atom. The van der Waals surface area contributed by atoms with Crippen molar-refractivity contribution in [1.82, 2.24) is 9.88 Å². The van der Waals surface area contributed by atoms with E-state index in [9.17, 15) is 0 Å². The standard InChI is InChI=1S/C14H19N3O/c1-14(2)5-6-17(9-14)8-13-16-11-4-3-10(15)7-12(11)18-13/h3-4,7H,5-6,8-9,15H2,1-2H3. The van der Waals surface area contributed by atoms with E-state index in [1.807, 2.05) is 18.2 Å². The maximum atomic E-state index is 5.75. The van der Waals surface area contributed by atoms with Crippen LogP contribution >= 0.6 is 0 Å². The summed E-state index contributed by atoms with van der Waals surface area (Å²) in [6.45, 7) is 7.62. The van der Waals surface area contributed by atoms with Crippen LogP contribution in [0.3, 0.4) is 0 Å². The molecule has 0 unspecified atom stereocenters. The number of likely N-dealkylation sites (tertiary alicyclic amines) is 1. The second-order valence-corrected chi connectivity index (χ2v) is 5.96. The minimum Gasteiger partial charge on any atom is -0.439 e. The van der Waals surface area contributed by atoms with E-state index in [-0.39, 0.29) is 0 Å². The van der Waals surface area contributed by atoms with Crippen molar-refractivity contribution < 1.29 is 4.42 Å². The number of hydrogen-bond acceptors (Lipinski definition) is 4. The summed E-state index contributed by atoms with van der Waals surface area (Å²) >= 11 is 0. The Balaban J connectivity index is 1.79. The molecule has 1 fully saturated rings. The largest absolute Gasteiger partial charge is 0.439 e. The predicted molar refractivity (Wildman–Crippen MR) is 72.1 cm³/mol. The molecule has 1 aromatic heterocycles. The third kappa shape index (κ3) is 2.20. The topological polar surface area (TPSA) is 55.3 Å². The molecule has 3 rings (SSSR count). The fraction of sp³-hybridized carbons (Fsp3) is 0.500. The van der Waals surface area contributed by atoms with Gasteiger partial charge in [0.2, 0.25) is 5.89 Å². The Bertz CT molecular complexity index is 573. The maximum absolute atomic E-state index is 5.75. The lowest BCUT2D eigenvalue weighted by Crippen LogP contribution is -2.22. The summed E-state index contributed by atoms with van der Waals surface area (Å²) in [4.78, 5) is 6.90. The summed E-state index contributed by atoms with van der Waals surface area (Å²) in [5, 5.41) is 0. The molecule has 0 saturated carbocycles. The molecule has 4 heteroatoms. The molecule has 0 atom stereocenters. The van der Waals surface area contributed by atoms with Gasteiger partial charge >= 0.3 is 0 Å². The molecule has 4 nitrogen and oxygen atoms in total. The Kier molecular flexibility index (Phi) is 2.55. The van der Waals surface area contributed by atoms with E-state index in [1.54, 1.807) is 0 Å². The van der Waals surface area contributed by atoms with E-state index < -0.39 is 0 Å². The highest BCUT2D eigenvalue weighted by Gasteiger charge is 2.29. The van der Waals surface area contributed by atoms with Gasteiger partial charge in [-0.25, -0.2) is 4.98 Å². The van der Waals surface area contributed by atoms with E-state index in [0.717, 1.165) is 36.6 Å². The van der Waals surface area contributed by atoms with Crippen LogP contribution in [0.2, 0.25) is 0 Å². The first-order valence-electron chi connectivity index (χ1n) is 6.39. The van der Waals surface area contributed by atoms with Gasteiger partial charge in [0.1, 0.15) is 5.52 Å². The van der Waals surface area contributed by atoms with Gasteiger partial charge in [-0.15, -0.1) is 0 Å². The van der Waals surface area contributed by atoms with Crippen LogP contribution in [0.1, 0.15) is 26.2 Å². The van der Waals surface area contributed by atoms with E-state index in [2.05, 4.69) is 23.7 Å². The van der Waals surface area contributed by atoms with E-state index in [0.29, 0.717) is 11.1 Å². The predicted octanol–water partition coefficient (Wildman–Crippen LogP) is 2.64. The second-order valence-electron chi connectivity index (χ2n) is 5.96. The highest BCUT2D eigenvalue weighted by atomic mass is 16.3. The molecule has 18 heavy (non-hydrogen) atoms. The van der Waals surface area contributed by atoms with Crippen LogP contribution in [0, 0.1) is 5.41 Å². The first kappa shape index (κ1) is 11.5. The zero-order valence-electron chi connectivity index (χ0n) is 10.9. The van der Waals surface area contributed by atoms with Crippen molar-refractivity contribution in [2.24, 2.45) is 5.41 Å². The van der Waals surface area contributed by atoms with Crippen molar-refractivity contribution in [3.63, 3.8) is 0 Å². The number of nitrogens with two attached hydrogens (primary N) is 1. The lowest BCUT2D eigenvalue weighted by atomic mass is 9.93. The third-order valence-corrected chi connectivity index (χ3v) is 3.57. The monoisotopic (exact) mass is 245 g/mol. The number of rotatable bonds is 2. The van der Waals surface area contributed by atoms with Crippen LogP contribution in [-0.2, 0) is 6.54 Å². The molecule has 2 heterocycles. The van der Waals surface area contributed by atoms with Crippen LogP contribution < -0.4 is 5.73 Å². The van der Waals surface area contributed by atoms with Gasteiger partial charge in [0.05, 0.1) is 6.54 Å². The van der Waals surface area contributed by atoms with Crippen LogP contribution in [0.15, 0.2) is 22.6 Å². The number of oxazole rings is 1. The van der Waals surface area contributed by atoms with Gasteiger partial charge in [0.25, 0.3) is 0 Å². The summed E-state index contributed by atoms with van der Waals surface area (Å²) in [6.07, 6.45) is 1.24. The van der Waals surface area contributed by atoms with E-state index in [4.69, 9.17) is 10.2 Å². The second kappa shape index (κ2) is 3.99. The molecule has 96 valence electrons. The Morgan fingerprint density at radius 3 is 3.00 bits per heavy atom. The number of hydrogen-bond donors (Lipinski definition) is 1. The van der Waals surface area contributed by atoms with Gasteiger partial charge < -0.3 is 10.2 Å². The lowest BCUT2D eigenvalue weighted by Gasteiger charge is -2.18. The first-order chi connectivity index (χ1) is 8.52. The van der Waals surface area contributed by atoms with Gasteiger partial charge in [-0.05, 0) is 30.5 Å². The quantitative estimate of drug-likeness (QED) is 0.826. The van der Waals surface area contributed by atoms with E-state index >= 15 is 0 Å². The van der Waals surface area contributed by atoms with Crippen molar-refractivity contribution in [3.8, 4) is 0 Å². The summed E-state index contributed by atoms with van der Waals surface area (Å²) in [7, 11) is 0. The van der Waals surface area contributed by atoms with Crippen molar-refractivity contribution in [2.45, 2.75) is 26.8 Å². The molecule has 0 bridgehead atoms. The fourth-order valence-electron chi connectivity index (χ4n) is 2.61. The SMILES string of the molecule is CC1(C)CCN(Cc2nc3ccc(N)cc3o2)C1. The summed E-state index contributed by atoms with van der Waals surface area (Å²) in [6, 6.07) is 5.60. The molecular weight excluding hydrogens is 226 g/mol. The average molecular weight is 245 g/mol. The molecule has 0 spiro atoms. The number of nitrogen functional groups attached to an aromatic ring is 1. The minimum atomic E-state index is 0.413. The third-order valence-electron chi connectivity index (χ3n) is 3.57. The molecule has 2 N–H and O–H groups in total. The highest BCUT2D eigenvalue weighted by molar-refractivity contribution is 5.76. The van der Waals surface area contributed by atoms with E-state index in [1.165, 1.54) is 6.42 Å². The minimum absolute atomic E-state index is 0.413. The molecule has 0 amide bonds. The number of anilines is 1.